The third-order valence-corrected chi connectivity index (χ3v) is 8.69. The molecule has 0 spiro atoms. The molecule has 0 aliphatic carbocycles. The second-order valence-electron chi connectivity index (χ2n) is 9.43. The van der Waals surface area contributed by atoms with E-state index in [1.807, 2.05) is 31.2 Å². The third kappa shape index (κ3) is 7.34. The topological polar surface area (TPSA) is 82.1 Å². The lowest BCUT2D eigenvalue weighted by Crippen LogP contribution is -2.33. The lowest BCUT2D eigenvalue weighted by atomic mass is 10.1. The van der Waals surface area contributed by atoms with E-state index in [0.717, 1.165) is 29.9 Å². The van der Waals surface area contributed by atoms with Gasteiger partial charge in [-0.05, 0) is 80.4 Å². The van der Waals surface area contributed by atoms with Gasteiger partial charge in [0.2, 0.25) is 0 Å². The van der Waals surface area contributed by atoms with Crippen LogP contribution < -0.4 is 14.6 Å². The standard InChI is InChI=1S/C32H33ClN4O3S/c1-4-36(5-2)28-18-14-25(15-19-28)22-34-35-32(38)30-8-6-7-9-31(30)37(23-26-12-16-27(33)17-13-26)41(39,40)29-20-10-24(3)11-21-29/h6-22H,4-5,23H2,1-3H3,(H,35,38)/b34-22-. The number of hydrogen-bond acceptors (Lipinski definition) is 5. The number of nitrogens with zero attached hydrogens (tertiary/aromatic N) is 3. The maximum atomic E-state index is 13.9. The average Bonchev–Trinajstić information content (AvgIpc) is 2.98. The molecule has 1 N–H and O–H groups in total. The van der Waals surface area contributed by atoms with E-state index in [2.05, 4.69) is 29.3 Å². The molecule has 0 saturated heterocycles. The summed E-state index contributed by atoms with van der Waals surface area (Å²) in [6.45, 7) is 7.92. The van der Waals surface area contributed by atoms with Gasteiger partial charge < -0.3 is 4.90 Å². The summed E-state index contributed by atoms with van der Waals surface area (Å²) < 4.78 is 29.1. The van der Waals surface area contributed by atoms with Crippen molar-refractivity contribution in [3.63, 3.8) is 0 Å². The van der Waals surface area contributed by atoms with Crippen molar-refractivity contribution >= 4 is 45.1 Å². The lowest BCUT2D eigenvalue weighted by Gasteiger charge is -2.26. The van der Waals surface area contributed by atoms with Crippen LogP contribution in [0.4, 0.5) is 11.4 Å². The SMILES string of the molecule is CCN(CC)c1ccc(/C=N\NC(=O)c2ccccc2N(Cc2ccc(Cl)cc2)S(=O)(=O)c2ccc(C)cc2)cc1. The summed E-state index contributed by atoms with van der Waals surface area (Å²) >= 11 is 6.06. The van der Waals surface area contributed by atoms with Crippen molar-refractivity contribution in [1.82, 2.24) is 5.43 Å². The second kappa shape index (κ2) is 13.5. The fourth-order valence-electron chi connectivity index (χ4n) is 4.36. The third-order valence-electron chi connectivity index (χ3n) is 6.67. The highest BCUT2D eigenvalue weighted by Gasteiger charge is 2.28. The molecular weight excluding hydrogens is 556 g/mol. The number of nitrogens with one attached hydrogen (secondary N) is 1. The van der Waals surface area contributed by atoms with Crippen molar-refractivity contribution < 1.29 is 13.2 Å². The molecule has 9 heteroatoms. The monoisotopic (exact) mass is 588 g/mol. The van der Waals surface area contributed by atoms with Gasteiger partial charge >= 0.3 is 0 Å². The molecule has 4 aromatic carbocycles. The first-order valence-corrected chi connectivity index (χ1v) is 15.2. The van der Waals surface area contributed by atoms with Crippen molar-refractivity contribution in [3.8, 4) is 0 Å². The smallest absolute Gasteiger partial charge is 0.273 e. The van der Waals surface area contributed by atoms with Crippen molar-refractivity contribution in [2.24, 2.45) is 5.10 Å². The molecule has 4 aromatic rings. The first-order valence-electron chi connectivity index (χ1n) is 13.3. The number of hydrogen-bond donors (Lipinski definition) is 1. The van der Waals surface area contributed by atoms with Crippen LogP contribution in [-0.4, -0.2) is 33.6 Å². The first-order chi connectivity index (χ1) is 19.7. The highest BCUT2D eigenvalue weighted by atomic mass is 35.5. The van der Waals surface area contributed by atoms with Gasteiger partial charge in [0.25, 0.3) is 15.9 Å². The molecule has 41 heavy (non-hydrogen) atoms. The van der Waals surface area contributed by atoms with Gasteiger partial charge in [-0.3, -0.25) is 9.10 Å². The predicted molar refractivity (Wildman–Crippen MR) is 168 cm³/mol. The van der Waals surface area contributed by atoms with E-state index in [1.165, 1.54) is 4.31 Å². The fourth-order valence-corrected chi connectivity index (χ4v) is 5.96. The summed E-state index contributed by atoms with van der Waals surface area (Å²) in [5.74, 6) is -0.531. The zero-order valence-electron chi connectivity index (χ0n) is 23.3. The van der Waals surface area contributed by atoms with Crippen LogP contribution in [0.3, 0.4) is 0 Å². The molecular formula is C32H33ClN4O3S. The Labute approximate surface area is 247 Å². The Bertz CT molecular complexity index is 1600. The van der Waals surface area contributed by atoms with Crippen molar-refractivity contribution in [2.75, 3.05) is 22.3 Å². The molecule has 0 radical (unpaired) electrons. The summed E-state index contributed by atoms with van der Waals surface area (Å²) in [6, 6.07) is 28.0. The number of rotatable bonds is 11. The molecule has 0 bridgehead atoms. The molecule has 0 heterocycles. The van der Waals surface area contributed by atoms with Gasteiger partial charge in [-0.1, -0.05) is 65.7 Å². The number of benzene rings is 4. The van der Waals surface area contributed by atoms with Crippen LogP contribution in [-0.2, 0) is 16.6 Å². The molecule has 1 amide bonds. The van der Waals surface area contributed by atoms with Crippen LogP contribution in [0.5, 0.6) is 0 Å². The number of sulfonamides is 1. The number of amides is 1. The van der Waals surface area contributed by atoms with Gasteiger partial charge in [0, 0.05) is 23.8 Å². The maximum Gasteiger partial charge on any atom is 0.273 e. The summed E-state index contributed by atoms with van der Waals surface area (Å²) in [6.07, 6.45) is 1.56. The van der Waals surface area contributed by atoms with Gasteiger partial charge in [-0.2, -0.15) is 5.10 Å². The number of halogens is 1. The van der Waals surface area contributed by atoms with Crippen LogP contribution in [0.15, 0.2) is 107 Å². The molecule has 0 aromatic heterocycles. The molecule has 0 aliphatic rings. The summed E-state index contributed by atoms with van der Waals surface area (Å²) in [4.78, 5) is 15.7. The fraction of sp³-hybridized carbons (Fsp3) is 0.188. The Morgan fingerprint density at radius 3 is 2.15 bits per heavy atom. The van der Waals surface area contributed by atoms with Gasteiger partial charge in [0.15, 0.2) is 0 Å². The van der Waals surface area contributed by atoms with Crippen LogP contribution >= 0.6 is 11.6 Å². The molecule has 7 nitrogen and oxygen atoms in total. The molecule has 0 aliphatic heterocycles. The highest BCUT2D eigenvalue weighted by Crippen LogP contribution is 2.30. The first kappa shape index (κ1) is 29.8. The van der Waals surface area contributed by atoms with E-state index in [4.69, 9.17) is 11.6 Å². The molecule has 0 unspecified atom stereocenters. The van der Waals surface area contributed by atoms with Gasteiger partial charge in [-0.25, -0.2) is 13.8 Å². The van der Waals surface area contributed by atoms with E-state index in [1.54, 1.807) is 79.0 Å². The quantitative estimate of drug-likeness (QED) is 0.157. The van der Waals surface area contributed by atoms with E-state index < -0.39 is 15.9 Å². The van der Waals surface area contributed by atoms with Crippen LogP contribution in [0, 0.1) is 6.92 Å². The molecule has 4 rings (SSSR count). The summed E-state index contributed by atoms with van der Waals surface area (Å²) in [7, 11) is -4.04. The minimum Gasteiger partial charge on any atom is -0.372 e. The van der Waals surface area contributed by atoms with E-state index in [-0.39, 0.29) is 22.7 Å². The van der Waals surface area contributed by atoms with Crippen LogP contribution in [0.1, 0.15) is 40.9 Å². The minimum atomic E-state index is -4.04. The van der Waals surface area contributed by atoms with Gasteiger partial charge in [-0.15, -0.1) is 0 Å². The normalized spacial score (nSPS) is 11.4. The summed E-state index contributed by atoms with van der Waals surface area (Å²) in [5, 5.41) is 4.68. The molecule has 212 valence electrons. The molecule has 0 atom stereocenters. The Hall–Kier alpha value is -4.14. The van der Waals surface area contributed by atoms with E-state index >= 15 is 0 Å². The van der Waals surface area contributed by atoms with E-state index in [9.17, 15) is 13.2 Å². The Kier molecular flexibility index (Phi) is 9.81. The van der Waals surface area contributed by atoms with Crippen molar-refractivity contribution in [3.05, 3.63) is 124 Å². The van der Waals surface area contributed by atoms with Gasteiger partial charge in [0.05, 0.1) is 28.9 Å². The number of carbonyl (C=O) groups is 1. The van der Waals surface area contributed by atoms with E-state index in [0.29, 0.717) is 10.6 Å². The highest BCUT2D eigenvalue weighted by molar-refractivity contribution is 7.92. The number of anilines is 2. The number of hydrazone groups is 1. The van der Waals surface area contributed by atoms with Crippen LogP contribution in [0.25, 0.3) is 0 Å². The van der Waals surface area contributed by atoms with Gasteiger partial charge in [0.1, 0.15) is 0 Å². The molecule has 0 saturated carbocycles. The zero-order chi connectivity index (χ0) is 29.4. The average molecular weight is 589 g/mol. The zero-order valence-corrected chi connectivity index (χ0v) is 24.9. The maximum absolute atomic E-state index is 13.9. The lowest BCUT2D eigenvalue weighted by molar-refractivity contribution is 0.0955. The van der Waals surface area contributed by atoms with Crippen LogP contribution in [0.2, 0.25) is 5.02 Å². The Morgan fingerprint density at radius 2 is 1.51 bits per heavy atom. The molecule has 0 fully saturated rings. The number of para-hydroxylation sites is 1. The Morgan fingerprint density at radius 1 is 0.878 bits per heavy atom. The number of aryl methyl sites for hydroxylation is 1. The van der Waals surface area contributed by atoms with Crippen molar-refractivity contribution in [2.45, 2.75) is 32.2 Å². The minimum absolute atomic E-state index is 0.000172. The number of carbonyl (C=O) groups excluding carboxylic acids is 1. The predicted octanol–water partition coefficient (Wildman–Crippen LogP) is 6.65. The Balaban J connectivity index is 1.63. The second-order valence-corrected chi connectivity index (χ2v) is 11.7. The van der Waals surface area contributed by atoms with Crippen molar-refractivity contribution in [1.29, 1.82) is 0 Å². The largest absolute Gasteiger partial charge is 0.372 e. The summed E-state index contributed by atoms with van der Waals surface area (Å²) in [5.41, 5.74) is 6.55.